The Balaban J connectivity index is 0. The minimum absolute atomic E-state index is 0. The first kappa shape index (κ1) is 12.3. The average Bonchev–Trinajstić information content (AvgIpc) is 1.85. The van der Waals surface area contributed by atoms with Crippen LogP contribution in [-0.2, 0) is 9.22 Å². The van der Waals surface area contributed by atoms with Crippen molar-refractivity contribution in [1.29, 1.82) is 0 Å². The normalized spacial score (nSPS) is 12.6. The van der Waals surface area contributed by atoms with E-state index in [-0.39, 0.29) is 7.43 Å². The smallest absolute Gasteiger partial charge is 0.279 e. The molecule has 0 aromatic heterocycles. The van der Waals surface area contributed by atoms with Gasteiger partial charge in [0.15, 0.2) is 0 Å². The van der Waals surface area contributed by atoms with Crippen LogP contribution in [0.15, 0.2) is 0 Å². The van der Waals surface area contributed by atoms with Crippen molar-refractivity contribution in [3.63, 3.8) is 0 Å². The number of rotatable bonds is 5. The van der Waals surface area contributed by atoms with E-state index in [1.54, 1.807) is 0 Å². The summed E-state index contributed by atoms with van der Waals surface area (Å²) in [5.41, 5.74) is 0.403. The zero-order chi connectivity index (χ0) is 7.11. The average molecular weight is 163 g/mol. The molecule has 0 aliphatic heterocycles. The molecule has 0 spiro atoms. The van der Waals surface area contributed by atoms with Crippen LogP contribution in [0.2, 0.25) is 0 Å². The predicted octanol–water partition coefficient (Wildman–Crippen LogP) is -0.165. The fraction of sp³-hybridized carbons (Fsp3) is 0.833. The Bertz CT molecular complexity index is 80.1. The summed E-state index contributed by atoms with van der Waals surface area (Å²) in [6.45, 7) is 5.53. The molecule has 1 atom stereocenters. The zero-order valence-electron chi connectivity index (χ0n) is 5.89. The van der Waals surface area contributed by atoms with Gasteiger partial charge in [0, 0.05) is 5.67 Å². The van der Waals surface area contributed by atoms with Crippen molar-refractivity contribution in [2.75, 3.05) is 6.54 Å². The molecule has 0 fully saturated rings. The highest BCUT2D eigenvalue weighted by Gasteiger charge is 1.98. The van der Waals surface area contributed by atoms with Crippen molar-refractivity contribution in [2.45, 2.75) is 26.9 Å². The number of nitrogens with one attached hydrogen (secondary N) is 1. The van der Waals surface area contributed by atoms with Crippen LogP contribution in [0, 0.1) is 0 Å². The van der Waals surface area contributed by atoms with E-state index >= 15 is 0 Å². The van der Waals surface area contributed by atoms with Crippen LogP contribution in [-0.4, -0.2) is 28.4 Å². The van der Waals surface area contributed by atoms with Gasteiger partial charge < -0.3 is 9.74 Å². The first-order valence-electron chi connectivity index (χ1n) is 3.10. The highest BCUT2D eigenvalue weighted by molar-refractivity contribution is 6.31. The Morgan fingerprint density at radius 3 is 2.80 bits per heavy atom. The molecule has 0 aromatic carbocycles. The molecule has 0 radical (unpaired) electrons. The third-order valence-corrected chi connectivity index (χ3v) is 2.08. The molecule has 0 heterocycles. The second kappa shape index (κ2) is 8.65. The monoisotopic (exact) mass is 163 g/mol. The van der Waals surface area contributed by atoms with Gasteiger partial charge in [0.1, 0.15) is 0 Å². The van der Waals surface area contributed by atoms with E-state index in [1.165, 1.54) is 0 Å². The van der Waals surface area contributed by atoms with E-state index in [1.807, 2.05) is 13.8 Å². The first-order chi connectivity index (χ1) is 4.31. The van der Waals surface area contributed by atoms with E-state index < -0.39 is 9.76 Å². The lowest BCUT2D eigenvalue weighted by atomic mass is 10.7. The standard InChI is InChI=1S/C5H13NO2Si.CH4/c1-3-6-5(2)9-8-4-7;/h4-6H,3,9H2,1-2H3;1H4. The molecule has 0 aliphatic carbocycles. The van der Waals surface area contributed by atoms with Gasteiger partial charge in [-0.2, -0.15) is 0 Å². The molecule has 0 aliphatic rings. The van der Waals surface area contributed by atoms with E-state index in [2.05, 4.69) is 9.74 Å². The maximum Gasteiger partial charge on any atom is 0.279 e. The van der Waals surface area contributed by atoms with Crippen LogP contribution in [0.5, 0.6) is 0 Å². The number of carbonyl (C=O) groups is 1. The van der Waals surface area contributed by atoms with Crippen LogP contribution in [0.3, 0.4) is 0 Å². The van der Waals surface area contributed by atoms with Gasteiger partial charge in [-0.15, -0.1) is 0 Å². The zero-order valence-corrected chi connectivity index (χ0v) is 7.30. The van der Waals surface area contributed by atoms with Gasteiger partial charge >= 0.3 is 0 Å². The van der Waals surface area contributed by atoms with Gasteiger partial charge in [-0.3, -0.25) is 4.79 Å². The molecule has 4 heteroatoms. The second-order valence-electron chi connectivity index (χ2n) is 1.89. The summed E-state index contributed by atoms with van der Waals surface area (Å²) in [7, 11) is -0.654. The minimum atomic E-state index is -0.654. The van der Waals surface area contributed by atoms with Crippen LogP contribution in [0.1, 0.15) is 21.3 Å². The Labute approximate surface area is 65.1 Å². The summed E-state index contributed by atoms with van der Waals surface area (Å²) in [6.07, 6.45) is 0. The fourth-order valence-electron chi connectivity index (χ4n) is 0.591. The number of hydrogen-bond acceptors (Lipinski definition) is 3. The van der Waals surface area contributed by atoms with Crippen molar-refractivity contribution in [3.05, 3.63) is 0 Å². The first-order valence-corrected chi connectivity index (χ1v) is 4.49. The van der Waals surface area contributed by atoms with Gasteiger partial charge in [-0.1, -0.05) is 14.4 Å². The quantitative estimate of drug-likeness (QED) is 0.452. The summed E-state index contributed by atoms with van der Waals surface area (Å²) in [5, 5.41) is 3.16. The summed E-state index contributed by atoms with van der Waals surface area (Å²) in [5.74, 6) is 0. The molecule has 0 saturated carbocycles. The Morgan fingerprint density at radius 2 is 2.40 bits per heavy atom. The third-order valence-electron chi connectivity index (χ3n) is 0.967. The largest absolute Gasteiger partial charge is 0.525 e. The molecule has 10 heavy (non-hydrogen) atoms. The van der Waals surface area contributed by atoms with Gasteiger partial charge in [0.05, 0.1) is 0 Å². The maximum absolute atomic E-state index is 9.70. The van der Waals surface area contributed by atoms with Crippen molar-refractivity contribution in [2.24, 2.45) is 0 Å². The topological polar surface area (TPSA) is 38.3 Å². The van der Waals surface area contributed by atoms with Crippen molar-refractivity contribution in [3.8, 4) is 0 Å². The lowest BCUT2D eigenvalue weighted by molar-refractivity contribution is -0.120. The van der Waals surface area contributed by atoms with Gasteiger partial charge in [-0.05, 0) is 13.5 Å². The molecule has 3 nitrogen and oxygen atoms in total. The predicted molar refractivity (Wildman–Crippen MR) is 45.6 cm³/mol. The molecule has 62 valence electrons. The lowest BCUT2D eigenvalue weighted by Crippen LogP contribution is -2.32. The van der Waals surface area contributed by atoms with Crippen molar-refractivity contribution < 1.29 is 9.22 Å². The molecule has 1 unspecified atom stereocenters. The van der Waals surface area contributed by atoms with Crippen LogP contribution >= 0.6 is 0 Å². The molecule has 0 amide bonds. The summed E-state index contributed by atoms with van der Waals surface area (Å²) in [6, 6.07) is 0. The lowest BCUT2D eigenvalue weighted by Gasteiger charge is -2.08. The van der Waals surface area contributed by atoms with Gasteiger partial charge in [0.25, 0.3) is 6.47 Å². The molecule has 0 aromatic rings. The maximum atomic E-state index is 9.70. The van der Waals surface area contributed by atoms with E-state index in [4.69, 9.17) is 0 Å². The SMILES string of the molecule is C.CCNC(C)[SiH2]OC=O. The summed E-state index contributed by atoms with van der Waals surface area (Å²) >= 11 is 0. The Morgan fingerprint density at radius 1 is 1.80 bits per heavy atom. The Hall–Kier alpha value is -0.353. The minimum Gasteiger partial charge on any atom is -0.525 e. The van der Waals surface area contributed by atoms with E-state index in [0.29, 0.717) is 12.1 Å². The van der Waals surface area contributed by atoms with Gasteiger partial charge in [0.2, 0.25) is 9.76 Å². The number of hydrogen-bond donors (Lipinski definition) is 1. The fourth-order valence-corrected chi connectivity index (χ4v) is 1.36. The highest BCUT2D eigenvalue weighted by Crippen LogP contribution is 1.76. The summed E-state index contributed by atoms with van der Waals surface area (Å²) in [4.78, 5) is 9.70. The molecule has 0 bridgehead atoms. The molecule has 0 rings (SSSR count). The highest BCUT2D eigenvalue weighted by atomic mass is 28.2. The second-order valence-corrected chi connectivity index (χ2v) is 3.78. The molecular weight excluding hydrogens is 146 g/mol. The molecule has 0 saturated heterocycles. The van der Waals surface area contributed by atoms with E-state index in [9.17, 15) is 4.79 Å². The summed E-state index contributed by atoms with van der Waals surface area (Å²) < 4.78 is 4.64. The van der Waals surface area contributed by atoms with Crippen LogP contribution in [0.4, 0.5) is 0 Å². The van der Waals surface area contributed by atoms with Crippen LogP contribution in [0.25, 0.3) is 0 Å². The van der Waals surface area contributed by atoms with Crippen molar-refractivity contribution in [1.82, 2.24) is 5.32 Å². The van der Waals surface area contributed by atoms with Gasteiger partial charge in [-0.25, -0.2) is 0 Å². The number of carbonyl (C=O) groups excluding carboxylic acids is 1. The molecule has 1 N–H and O–H groups in total. The van der Waals surface area contributed by atoms with Crippen LogP contribution < -0.4 is 5.32 Å². The molecular formula is C6H17NO2Si. The Kier molecular flexibility index (Phi) is 10.7. The van der Waals surface area contributed by atoms with E-state index in [0.717, 1.165) is 6.54 Å². The van der Waals surface area contributed by atoms with Crippen molar-refractivity contribution >= 4 is 16.2 Å². The third kappa shape index (κ3) is 7.65.